The minimum Gasteiger partial charge on any atom is -0.352 e. The molecule has 0 aromatic heterocycles. The van der Waals surface area contributed by atoms with Crippen LogP contribution in [0.25, 0.3) is 0 Å². The van der Waals surface area contributed by atoms with Crippen LogP contribution in [0.4, 0.5) is 5.69 Å². The Morgan fingerprint density at radius 1 is 0.830 bits per heavy atom. The molecule has 4 aromatic rings. The minimum absolute atomic E-state index is 0.0154. The second-order valence-corrected chi connectivity index (χ2v) is 14.7. The van der Waals surface area contributed by atoms with Gasteiger partial charge in [0.1, 0.15) is 12.6 Å². The second-order valence-electron chi connectivity index (χ2n) is 11.5. The number of halogens is 3. The molecular weight excluding hydrogens is 677 g/mol. The average Bonchev–Trinajstić information content (AvgIpc) is 3.04. The smallest absolute Gasteiger partial charge is 0.264 e. The zero-order chi connectivity index (χ0) is 34.3. The van der Waals surface area contributed by atoms with Gasteiger partial charge in [0.2, 0.25) is 11.8 Å². The second kappa shape index (κ2) is 16.0. The number of carbonyl (C=O) groups excluding carboxylic acids is 2. The summed E-state index contributed by atoms with van der Waals surface area (Å²) in [5, 5.41) is 3.97. The zero-order valence-corrected chi connectivity index (χ0v) is 29.8. The van der Waals surface area contributed by atoms with E-state index in [0.29, 0.717) is 32.6 Å². The fraction of sp³-hybridized carbons (Fsp3) is 0.278. The van der Waals surface area contributed by atoms with Gasteiger partial charge in [-0.05, 0) is 80.3 Å². The summed E-state index contributed by atoms with van der Waals surface area (Å²) in [6, 6.07) is 24.5. The van der Waals surface area contributed by atoms with Crippen LogP contribution in [0, 0.1) is 13.8 Å². The van der Waals surface area contributed by atoms with Gasteiger partial charge in [-0.3, -0.25) is 13.9 Å². The van der Waals surface area contributed by atoms with E-state index in [9.17, 15) is 18.0 Å². The number of nitrogens with zero attached hydrogens (tertiary/aromatic N) is 2. The van der Waals surface area contributed by atoms with E-state index in [4.69, 9.17) is 34.8 Å². The molecule has 0 fully saturated rings. The summed E-state index contributed by atoms with van der Waals surface area (Å²) in [5.41, 5.74) is 3.19. The van der Waals surface area contributed by atoms with E-state index < -0.39 is 28.5 Å². The van der Waals surface area contributed by atoms with E-state index in [0.717, 1.165) is 15.4 Å². The molecule has 7 nitrogen and oxygen atoms in total. The predicted molar refractivity (Wildman–Crippen MR) is 191 cm³/mol. The van der Waals surface area contributed by atoms with Gasteiger partial charge in [-0.1, -0.05) is 102 Å². The van der Waals surface area contributed by atoms with E-state index in [2.05, 4.69) is 5.32 Å². The highest BCUT2D eigenvalue weighted by atomic mass is 35.5. The molecule has 0 unspecified atom stereocenters. The first-order valence-electron chi connectivity index (χ1n) is 15.2. The molecule has 0 spiro atoms. The number of anilines is 1. The van der Waals surface area contributed by atoms with Crippen LogP contribution in [-0.4, -0.2) is 43.8 Å². The molecule has 4 rings (SSSR count). The normalized spacial score (nSPS) is 12.7. The molecule has 0 bridgehead atoms. The van der Waals surface area contributed by atoms with Crippen molar-refractivity contribution in [3.8, 4) is 0 Å². The number of carbonyl (C=O) groups is 2. The number of benzene rings is 4. The van der Waals surface area contributed by atoms with Crippen molar-refractivity contribution in [1.29, 1.82) is 0 Å². The monoisotopic (exact) mass is 713 g/mol. The summed E-state index contributed by atoms with van der Waals surface area (Å²) >= 11 is 18.9. The molecular formula is C36H38Cl3N3O4S. The molecule has 0 aliphatic carbocycles. The van der Waals surface area contributed by atoms with Gasteiger partial charge >= 0.3 is 0 Å². The molecule has 0 aliphatic rings. The summed E-state index contributed by atoms with van der Waals surface area (Å²) in [6.07, 6.45) is 0.873. The largest absolute Gasteiger partial charge is 0.352 e. The van der Waals surface area contributed by atoms with Crippen molar-refractivity contribution < 1.29 is 18.0 Å². The van der Waals surface area contributed by atoms with E-state index in [1.54, 1.807) is 49.4 Å². The lowest BCUT2D eigenvalue weighted by atomic mass is 10.0. The van der Waals surface area contributed by atoms with Crippen LogP contribution in [0.2, 0.25) is 15.1 Å². The molecule has 0 saturated heterocycles. The van der Waals surface area contributed by atoms with Gasteiger partial charge in [0.15, 0.2) is 0 Å². The summed E-state index contributed by atoms with van der Waals surface area (Å²) in [5.74, 6) is -0.949. The number of rotatable bonds is 13. The molecule has 0 radical (unpaired) electrons. The molecule has 0 saturated carbocycles. The first-order chi connectivity index (χ1) is 22.3. The number of hydrogen-bond donors (Lipinski definition) is 1. The highest BCUT2D eigenvalue weighted by Gasteiger charge is 2.35. The summed E-state index contributed by atoms with van der Waals surface area (Å²) in [6.45, 7) is 6.82. The Morgan fingerprint density at radius 3 is 2.15 bits per heavy atom. The van der Waals surface area contributed by atoms with Crippen molar-refractivity contribution in [2.24, 2.45) is 0 Å². The Bertz CT molecular complexity index is 1820. The Hall–Kier alpha value is -3.56. The van der Waals surface area contributed by atoms with Crippen LogP contribution >= 0.6 is 34.8 Å². The van der Waals surface area contributed by atoms with Crippen molar-refractivity contribution in [2.45, 2.75) is 64.1 Å². The van der Waals surface area contributed by atoms with Crippen molar-refractivity contribution >= 4 is 62.3 Å². The molecule has 0 heterocycles. The van der Waals surface area contributed by atoms with Crippen LogP contribution < -0.4 is 9.62 Å². The lowest BCUT2D eigenvalue weighted by Gasteiger charge is -2.34. The van der Waals surface area contributed by atoms with Crippen molar-refractivity contribution in [1.82, 2.24) is 10.2 Å². The highest BCUT2D eigenvalue weighted by molar-refractivity contribution is 7.92. The van der Waals surface area contributed by atoms with E-state index in [1.165, 1.54) is 23.1 Å². The Balaban J connectivity index is 1.85. The molecule has 2 atom stereocenters. The van der Waals surface area contributed by atoms with Gasteiger partial charge in [0, 0.05) is 24.0 Å². The Morgan fingerprint density at radius 2 is 1.51 bits per heavy atom. The Kier molecular flexibility index (Phi) is 12.4. The Labute approximate surface area is 292 Å². The number of hydrogen-bond acceptors (Lipinski definition) is 4. The summed E-state index contributed by atoms with van der Waals surface area (Å²) in [7, 11) is -4.26. The van der Waals surface area contributed by atoms with Crippen molar-refractivity contribution in [2.75, 3.05) is 10.8 Å². The van der Waals surface area contributed by atoms with Gasteiger partial charge in [-0.25, -0.2) is 8.42 Å². The molecule has 248 valence electrons. The van der Waals surface area contributed by atoms with Crippen LogP contribution in [0.5, 0.6) is 0 Å². The van der Waals surface area contributed by atoms with Gasteiger partial charge in [-0.2, -0.15) is 0 Å². The molecule has 1 N–H and O–H groups in total. The zero-order valence-electron chi connectivity index (χ0n) is 26.7. The van der Waals surface area contributed by atoms with E-state index in [1.807, 2.05) is 51.1 Å². The molecule has 4 aromatic carbocycles. The SMILES string of the molecule is CC[C@H](C)NC(=O)[C@@H](Cc1ccccc1)N(Cc1ccc(Cl)c(Cl)c1)C(=O)CN(c1cc(Cl)ccc1C)S(=O)(=O)c1ccc(C)cc1. The minimum atomic E-state index is -4.26. The van der Waals surface area contributed by atoms with Crippen molar-refractivity contribution in [3.63, 3.8) is 0 Å². The maximum Gasteiger partial charge on any atom is 0.264 e. The topological polar surface area (TPSA) is 86.8 Å². The summed E-state index contributed by atoms with van der Waals surface area (Å²) < 4.78 is 29.6. The van der Waals surface area contributed by atoms with Crippen LogP contribution in [-0.2, 0) is 32.6 Å². The first-order valence-corrected chi connectivity index (χ1v) is 17.8. The van der Waals surface area contributed by atoms with Gasteiger partial charge in [-0.15, -0.1) is 0 Å². The summed E-state index contributed by atoms with van der Waals surface area (Å²) in [4.78, 5) is 30.1. The van der Waals surface area contributed by atoms with Crippen LogP contribution in [0.1, 0.15) is 42.5 Å². The fourth-order valence-corrected chi connectivity index (χ4v) is 6.99. The number of sulfonamides is 1. The van der Waals surface area contributed by atoms with Crippen molar-refractivity contribution in [3.05, 3.63) is 128 Å². The molecule has 2 amide bonds. The van der Waals surface area contributed by atoms with Gasteiger partial charge < -0.3 is 10.2 Å². The molecule has 11 heteroatoms. The lowest BCUT2D eigenvalue weighted by Crippen LogP contribution is -2.54. The quantitative estimate of drug-likeness (QED) is 0.152. The third kappa shape index (κ3) is 9.29. The van der Waals surface area contributed by atoms with Gasteiger partial charge in [0.25, 0.3) is 10.0 Å². The number of amides is 2. The average molecular weight is 715 g/mol. The fourth-order valence-electron chi connectivity index (χ4n) is 5.03. The first kappa shape index (κ1) is 36.3. The highest BCUT2D eigenvalue weighted by Crippen LogP contribution is 2.31. The van der Waals surface area contributed by atoms with E-state index in [-0.39, 0.29) is 35.5 Å². The van der Waals surface area contributed by atoms with Crippen LogP contribution in [0.15, 0.2) is 95.9 Å². The number of nitrogens with one attached hydrogen (secondary N) is 1. The maximum atomic E-state index is 14.7. The maximum absolute atomic E-state index is 14.7. The third-order valence-electron chi connectivity index (χ3n) is 7.94. The predicted octanol–water partition coefficient (Wildman–Crippen LogP) is 8.01. The third-order valence-corrected chi connectivity index (χ3v) is 10.7. The number of aryl methyl sites for hydroxylation is 2. The van der Waals surface area contributed by atoms with Gasteiger partial charge in [0.05, 0.1) is 20.6 Å². The standard InChI is InChI=1S/C36H38Cl3N3O4S/c1-5-26(4)40-36(44)34(20-27-9-7-6-8-10-27)41(22-28-14-18-31(38)32(39)19-28)35(43)23-42(33-21-29(37)15-13-25(33)3)47(45,46)30-16-11-24(2)12-17-30/h6-19,21,26,34H,5,20,22-23H2,1-4H3,(H,40,44)/t26-,34+/m0/s1. The lowest BCUT2D eigenvalue weighted by molar-refractivity contribution is -0.140. The molecule has 47 heavy (non-hydrogen) atoms. The molecule has 0 aliphatic heterocycles. The van der Waals surface area contributed by atoms with Crippen LogP contribution in [0.3, 0.4) is 0 Å². The van der Waals surface area contributed by atoms with E-state index >= 15 is 0 Å².